The number of carbonyl (C=O) groups is 2. The number of para-hydroxylation sites is 1. The Bertz CT molecular complexity index is 737. The van der Waals surface area contributed by atoms with Crippen molar-refractivity contribution in [1.29, 1.82) is 0 Å². The standard InChI is InChI=1S/C20H22FNO4/c1-3-14-6-5-7-15(4-2)20(14)22-18(23)12-26-19(24)13-25-17-10-8-16(21)9-11-17/h5-11H,3-4,12-13H2,1-2H3,(H,22,23). The van der Waals surface area contributed by atoms with Gasteiger partial charge in [0.05, 0.1) is 0 Å². The van der Waals surface area contributed by atoms with Gasteiger partial charge in [-0.05, 0) is 48.2 Å². The minimum absolute atomic E-state index is 0.345. The van der Waals surface area contributed by atoms with Crippen LogP contribution in [0.3, 0.4) is 0 Å². The first-order valence-electron chi connectivity index (χ1n) is 8.48. The number of amides is 1. The molecule has 0 heterocycles. The predicted molar refractivity (Wildman–Crippen MR) is 96.7 cm³/mol. The van der Waals surface area contributed by atoms with E-state index < -0.39 is 24.3 Å². The maximum atomic E-state index is 12.8. The molecule has 2 rings (SSSR count). The van der Waals surface area contributed by atoms with Crippen LogP contribution in [0.4, 0.5) is 10.1 Å². The van der Waals surface area contributed by atoms with E-state index in [9.17, 15) is 14.0 Å². The van der Waals surface area contributed by atoms with E-state index in [0.29, 0.717) is 5.75 Å². The fourth-order valence-electron chi connectivity index (χ4n) is 2.44. The van der Waals surface area contributed by atoms with Crippen molar-refractivity contribution >= 4 is 17.6 Å². The van der Waals surface area contributed by atoms with E-state index in [4.69, 9.17) is 9.47 Å². The molecule has 0 aromatic heterocycles. The maximum Gasteiger partial charge on any atom is 0.344 e. The maximum absolute atomic E-state index is 12.8. The zero-order chi connectivity index (χ0) is 18.9. The predicted octanol–water partition coefficient (Wildman–Crippen LogP) is 3.51. The molecule has 1 N–H and O–H groups in total. The molecule has 0 radical (unpaired) electrons. The lowest BCUT2D eigenvalue weighted by Crippen LogP contribution is -2.24. The summed E-state index contributed by atoms with van der Waals surface area (Å²) >= 11 is 0. The largest absolute Gasteiger partial charge is 0.482 e. The lowest BCUT2D eigenvalue weighted by atomic mass is 10.0. The molecule has 0 unspecified atom stereocenters. The van der Waals surface area contributed by atoms with Crippen LogP contribution < -0.4 is 10.1 Å². The highest BCUT2D eigenvalue weighted by molar-refractivity contribution is 5.94. The fourth-order valence-corrected chi connectivity index (χ4v) is 2.44. The Kier molecular flexibility index (Phi) is 7.14. The van der Waals surface area contributed by atoms with Gasteiger partial charge in [0.15, 0.2) is 13.2 Å². The zero-order valence-corrected chi connectivity index (χ0v) is 14.9. The van der Waals surface area contributed by atoms with E-state index >= 15 is 0 Å². The monoisotopic (exact) mass is 359 g/mol. The molecule has 6 heteroatoms. The highest BCUT2D eigenvalue weighted by Crippen LogP contribution is 2.22. The molecule has 0 aliphatic carbocycles. The Morgan fingerprint density at radius 3 is 2.15 bits per heavy atom. The fraction of sp³-hybridized carbons (Fsp3) is 0.300. The molecular formula is C20H22FNO4. The van der Waals surface area contributed by atoms with Crippen LogP contribution in [-0.4, -0.2) is 25.1 Å². The van der Waals surface area contributed by atoms with E-state index in [0.717, 1.165) is 29.7 Å². The highest BCUT2D eigenvalue weighted by Gasteiger charge is 2.12. The van der Waals surface area contributed by atoms with Gasteiger partial charge in [-0.2, -0.15) is 0 Å². The first-order valence-corrected chi connectivity index (χ1v) is 8.48. The van der Waals surface area contributed by atoms with Crippen molar-refractivity contribution in [2.24, 2.45) is 0 Å². The molecule has 1 amide bonds. The molecule has 0 aliphatic heterocycles. The number of rotatable bonds is 8. The van der Waals surface area contributed by atoms with Crippen LogP contribution in [0.5, 0.6) is 5.75 Å². The summed E-state index contributed by atoms with van der Waals surface area (Å²) in [6.07, 6.45) is 1.57. The molecule has 0 fully saturated rings. The Labute approximate surface area is 152 Å². The Hall–Kier alpha value is -2.89. The van der Waals surface area contributed by atoms with Crippen molar-refractivity contribution < 1.29 is 23.5 Å². The van der Waals surface area contributed by atoms with Crippen molar-refractivity contribution in [1.82, 2.24) is 0 Å². The summed E-state index contributed by atoms with van der Waals surface area (Å²) < 4.78 is 22.9. The zero-order valence-electron chi connectivity index (χ0n) is 14.9. The molecule has 2 aromatic rings. The lowest BCUT2D eigenvalue weighted by molar-refractivity contribution is -0.149. The third kappa shape index (κ3) is 5.58. The third-order valence-corrected chi connectivity index (χ3v) is 3.80. The van der Waals surface area contributed by atoms with Gasteiger partial charge < -0.3 is 14.8 Å². The molecule has 138 valence electrons. The number of benzene rings is 2. The van der Waals surface area contributed by atoms with Gasteiger partial charge in [0.1, 0.15) is 11.6 Å². The number of esters is 1. The molecule has 2 aromatic carbocycles. The summed E-state index contributed by atoms with van der Waals surface area (Å²) in [5.74, 6) is -1.13. The van der Waals surface area contributed by atoms with Gasteiger partial charge in [0.2, 0.25) is 0 Å². The van der Waals surface area contributed by atoms with Crippen LogP contribution in [0.1, 0.15) is 25.0 Å². The molecule has 0 atom stereocenters. The number of hydrogen-bond donors (Lipinski definition) is 1. The SMILES string of the molecule is CCc1cccc(CC)c1NC(=O)COC(=O)COc1ccc(F)cc1. The third-order valence-electron chi connectivity index (χ3n) is 3.80. The van der Waals surface area contributed by atoms with Crippen molar-refractivity contribution in [3.05, 3.63) is 59.4 Å². The van der Waals surface area contributed by atoms with Crippen molar-refractivity contribution in [2.45, 2.75) is 26.7 Å². The minimum Gasteiger partial charge on any atom is -0.482 e. The second kappa shape index (κ2) is 9.56. The van der Waals surface area contributed by atoms with Gasteiger partial charge in [0.25, 0.3) is 5.91 Å². The minimum atomic E-state index is -0.677. The van der Waals surface area contributed by atoms with Crippen LogP contribution in [0.25, 0.3) is 0 Å². The van der Waals surface area contributed by atoms with Gasteiger partial charge in [-0.15, -0.1) is 0 Å². The van der Waals surface area contributed by atoms with E-state index in [1.165, 1.54) is 24.3 Å². The number of anilines is 1. The summed E-state index contributed by atoms with van der Waals surface area (Å²) in [5, 5.41) is 2.82. The summed E-state index contributed by atoms with van der Waals surface area (Å²) in [4.78, 5) is 23.8. The smallest absolute Gasteiger partial charge is 0.344 e. The van der Waals surface area contributed by atoms with Crippen molar-refractivity contribution in [3.8, 4) is 5.75 Å². The molecule has 0 bridgehead atoms. The first kappa shape index (κ1) is 19.4. The van der Waals surface area contributed by atoms with Gasteiger partial charge in [-0.1, -0.05) is 32.0 Å². The Morgan fingerprint density at radius 2 is 1.58 bits per heavy atom. The topological polar surface area (TPSA) is 64.6 Å². The second-order valence-corrected chi connectivity index (χ2v) is 5.61. The molecule has 0 aliphatic rings. The summed E-state index contributed by atoms with van der Waals surface area (Å²) in [6, 6.07) is 11.1. The molecule has 0 spiro atoms. The van der Waals surface area contributed by atoms with Crippen molar-refractivity contribution in [3.63, 3.8) is 0 Å². The number of carbonyl (C=O) groups excluding carboxylic acids is 2. The van der Waals surface area contributed by atoms with E-state index in [-0.39, 0.29) is 6.61 Å². The average molecular weight is 359 g/mol. The molecule has 26 heavy (non-hydrogen) atoms. The summed E-state index contributed by atoms with van der Waals surface area (Å²) in [6.45, 7) is 3.27. The van der Waals surface area contributed by atoms with Gasteiger partial charge in [0, 0.05) is 5.69 Å². The summed E-state index contributed by atoms with van der Waals surface area (Å²) in [7, 11) is 0. The normalized spacial score (nSPS) is 10.3. The van der Waals surface area contributed by atoms with Gasteiger partial charge in [-0.25, -0.2) is 9.18 Å². The Balaban J connectivity index is 1.83. The number of nitrogens with one attached hydrogen (secondary N) is 1. The average Bonchev–Trinajstić information content (AvgIpc) is 2.66. The van der Waals surface area contributed by atoms with Crippen LogP contribution in [-0.2, 0) is 27.2 Å². The van der Waals surface area contributed by atoms with Crippen molar-refractivity contribution in [2.75, 3.05) is 18.5 Å². The van der Waals surface area contributed by atoms with E-state index in [1.54, 1.807) is 0 Å². The molecule has 0 saturated heterocycles. The van der Waals surface area contributed by atoms with Crippen LogP contribution in [0, 0.1) is 5.82 Å². The van der Waals surface area contributed by atoms with E-state index in [1.807, 2.05) is 32.0 Å². The van der Waals surface area contributed by atoms with Gasteiger partial charge in [-0.3, -0.25) is 4.79 Å². The number of ether oxygens (including phenoxy) is 2. The number of aryl methyl sites for hydroxylation is 2. The highest BCUT2D eigenvalue weighted by atomic mass is 19.1. The molecule has 0 saturated carbocycles. The second-order valence-electron chi connectivity index (χ2n) is 5.61. The van der Waals surface area contributed by atoms with Crippen LogP contribution >= 0.6 is 0 Å². The Morgan fingerprint density at radius 1 is 0.962 bits per heavy atom. The van der Waals surface area contributed by atoms with E-state index in [2.05, 4.69) is 5.32 Å². The lowest BCUT2D eigenvalue weighted by Gasteiger charge is -2.14. The first-order chi connectivity index (χ1) is 12.5. The molecule has 5 nitrogen and oxygen atoms in total. The quantitative estimate of drug-likeness (QED) is 0.733. The van der Waals surface area contributed by atoms with Gasteiger partial charge >= 0.3 is 5.97 Å². The van der Waals surface area contributed by atoms with Crippen LogP contribution in [0.2, 0.25) is 0 Å². The van der Waals surface area contributed by atoms with Crippen LogP contribution in [0.15, 0.2) is 42.5 Å². The number of halogens is 1. The molecular weight excluding hydrogens is 337 g/mol. The number of hydrogen-bond acceptors (Lipinski definition) is 4. The summed E-state index contributed by atoms with van der Waals surface area (Å²) in [5.41, 5.74) is 2.84.